The van der Waals surface area contributed by atoms with E-state index in [1.165, 1.54) is 16.9 Å². The zero-order chi connectivity index (χ0) is 17.8. The van der Waals surface area contributed by atoms with Crippen molar-refractivity contribution in [3.8, 4) is 0 Å². The number of aryl methyl sites for hydroxylation is 2. The molecule has 0 atom stereocenters. The number of fused-ring (bicyclic) bond motifs is 3. The van der Waals surface area contributed by atoms with Gasteiger partial charge < -0.3 is 4.57 Å². The molecule has 0 bridgehead atoms. The Morgan fingerprint density at radius 1 is 1.08 bits per heavy atom. The van der Waals surface area contributed by atoms with Gasteiger partial charge in [-0.15, -0.1) is 10.2 Å². The third-order valence-electron chi connectivity index (χ3n) is 4.42. The average Bonchev–Trinajstić information content (AvgIpc) is 2.89. The maximum Gasteiger partial charge on any atom is 0.332 e. The molecule has 0 aliphatic carbocycles. The van der Waals surface area contributed by atoms with Crippen LogP contribution in [0.2, 0.25) is 19.6 Å². The Bertz CT molecular complexity index is 1070. The highest BCUT2D eigenvalue weighted by Gasteiger charge is 2.26. The van der Waals surface area contributed by atoms with E-state index in [0.29, 0.717) is 11.0 Å². The van der Waals surface area contributed by atoms with E-state index >= 15 is 0 Å². The normalized spacial score (nSPS) is 12.4. The van der Waals surface area contributed by atoms with Gasteiger partial charge in [-0.25, -0.2) is 4.79 Å². The summed E-state index contributed by atoms with van der Waals surface area (Å²) >= 11 is 0. The highest BCUT2D eigenvalue weighted by Crippen LogP contribution is 2.21. The molecule has 0 unspecified atom stereocenters. The van der Waals surface area contributed by atoms with Crippen molar-refractivity contribution >= 4 is 35.5 Å². The van der Waals surface area contributed by atoms with Gasteiger partial charge in [-0.3, -0.25) is 13.9 Å². The van der Waals surface area contributed by atoms with Gasteiger partial charge in [-0.05, 0) is 12.5 Å². The molecule has 0 fully saturated rings. The topological polar surface area (TPSA) is 74.7 Å². The van der Waals surface area contributed by atoms with Gasteiger partial charge in [-0.2, -0.15) is 0 Å². The lowest BCUT2D eigenvalue weighted by Crippen LogP contribution is -2.43. The number of hydrogen-bond acceptors (Lipinski definition) is 4. The molecule has 0 saturated carbocycles. The van der Waals surface area contributed by atoms with Crippen molar-refractivity contribution < 1.29 is 0 Å². The van der Waals surface area contributed by atoms with E-state index in [1.54, 1.807) is 7.05 Å². The molecule has 3 aromatic heterocycles. The van der Waals surface area contributed by atoms with Crippen LogP contribution in [0.3, 0.4) is 0 Å². The van der Waals surface area contributed by atoms with E-state index in [1.807, 2.05) is 0 Å². The van der Waals surface area contributed by atoms with Crippen LogP contribution in [0.4, 0.5) is 0 Å². The number of rotatable bonds is 3. The highest BCUT2D eigenvalue weighted by molar-refractivity contribution is 6.88. The van der Waals surface area contributed by atoms with Crippen LogP contribution in [-0.2, 0) is 20.6 Å². The second kappa shape index (κ2) is 5.40. The second-order valence-corrected chi connectivity index (χ2v) is 12.3. The molecular formula is C16H23N5O2Si. The zero-order valence-corrected chi connectivity index (χ0v) is 16.0. The maximum absolute atomic E-state index is 12.8. The van der Waals surface area contributed by atoms with Gasteiger partial charge in [0.05, 0.1) is 13.6 Å². The first kappa shape index (κ1) is 16.6. The van der Waals surface area contributed by atoms with Crippen LogP contribution < -0.4 is 16.6 Å². The molecular weight excluding hydrogens is 322 g/mol. The molecule has 3 rings (SSSR count). The molecule has 7 nitrogen and oxygen atoms in total. The fourth-order valence-electron chi connectivity index (χ4n) is 3.21. The molecule has 0 saturated heterocycles. The molecule has 128 valence electrons. The molecule has 0 radical (unpaired) electrons. The first-order valence-electron chi connectivity index (χ1n) is 8.14. The number of hydrogen-bond donors (Lipinski definition) is 0. The van der Waals surface area contributed by atoms with E-state index in [0.717, 1.165) is 28.6 Å². The van der Waals surface area contributed by atoms with E-state index in [4.69, 9.17) is 0 Å². The van der Waals surface area contributed by atoms with Gasteiger partial charge >= 0.3 is 5.69 Å². The summed E-state index contributed by atoms with van der Waals surface area (Å²) in [6, 6.07) is 2.06. The molecule has 24 heavy (non-hydrogen) atoms. The van der Waals surface area contributed by atoms with Crippen LogP contribution in [0.25, 0.3) is 22.1 Å². The van der Waals surface area contributed by atoms with E-state index in [2.05, 4.69) is 47.4 Å². The van der Waals surface area contributed by atoms with Crippen molar-refractivity contribution in [2.24, 2.45) is 14.1 Å². The summed E-state index contributed by atoms with van der Waals surface area (Å²) < 4.78 is 4.74. The molecule has 3 aromatic rings. The van der Waals surface area contributed by atoms with Crippen molar-refractivity contribution in [3.63, 3.8) is 0 Å². The number of nitrogens with zero attached hydrogens (tertiary/aromatic N) is 5. The summed E-state index contributed by atoms with van der Waals surface area (Å²) in [5.41, 5.74) is 1.17. The molecule has 0 N–H and O–H groups in total. The fourth-order valence-corrected chi connectivity index (χ4v) is 4.81. The molecule has 0 amide bonds. The summed E-state index contributed by atoms with van der Waals surface area (Å²) in [7, 11) is 1.50. The second-order valence-electron chi connectivity index (χ2n) is 7.27. The highest BCUT2D eigenvalue weighted by atomic mass is 28.3. The van der Waals surface area contributed by atoms with Gasteiger partial charge in [0.2, 0.25) is 0 Å². The lowest BCUT2D eigenvalue weighted by Gasteiger charge is -2.20. The molecule has 3 heterocycles. The Balaban J connectivity index is 2.63. The minimum atomic E-state index is -1.62. The molecule has 0 aromatic carbocycles. The summed E-state index contributed by atoms with van der Waals surface area (Å²) in [5, 5.41) is 10.2. The molecule has 0 aliphatic heterocycles. The van der Waals surface area contributed by atoms with Gasteiger partial charge in [0.25, 0.3) is 5.56 Å². The fraction of sp³-hybridized carbons (Fsp3) is 0.500. The first-order valence-corrected chi connectivity index (χ1v) is 11.6. The largest absolute Gasteiger partial charge is 0.346 e. The Kier molecular flexibility index (Phi) is 3.74. The summed E-state index contributed by atoms with van der Waals surface area (Å²) in [4.78, 5) is 25.0. The third kappa shape index (κ3) is 2.24. The standard InChI is InChI=1S/C16H23N5O2Si/c1-7-8-21-11(24(4,5)6)9-10-13(21)12-14(18-17-10)19(2)16(23)20(3)15(12)22/h9H,7-8H2,1-6H3. The molecule has 0 aliphatic rings. The van der Waals surface area contributed by atoms with Gasteiger partial charge in [-0.1, -0.05) is 26.6 Å². The van der Waals surface area contributed by atoms with Gasteiger partial charge in [0.15, 0.2) is 5.65 Å². The molecule has 8 heteroatoms. The monoisotopic (exact) mass is 345 g/mol. The minimum Gasteiger partial charge on any atom is -0.346 e. The Morgan fingerprint density at radius 2 is 1.75 bits per heavy atom. The van der Waals surface area contributed by atoms with Crippen LogP contribution in [0.5, 0.6) is 0 Å². The van der Waals surface area contributed by atoms with Gasteiger partial charge in [0.1, 0.15) is 10.9 Å². The third-order valence-corrected chi connectivity index (χ3v) is 6.37. The van der Waals surface area contributed by atoms with Crippen LogP contribution >= 0.6 is 0 Å². The summed E-state index contributed by atoms with van der Waals surface area (Å²) in [6.45, 7) is 9.75. The lowest BCUT2D eigenvalue weighted by molar-refractivity contribution is 0.698. The quantitative estimate of drug-likeness (QED) is 0.662. The van der Waals surface area contributed by atoms with E-state index in [9.17, 15) is 9.59 Å². The Hall–Kier alpha value is -2.22. The van der Waals surface area contributed by atoms with Crippen molar-refractivity contribution in [1.82, 2.24) is 23.9 Å². The van der Waals surface area contributed by atoms with Crippen LogP contribution in [-0.4, -0.2) is 32.0 Å². The maximum atomic E-state index is 12.8. The van der Waals surface area contributed by atoms with Crippen molar-refractivity contribution in [2.45, 2.75) is 39.5 Å². The predicted octanol–water partition coefficient (Wildman–Crippen LogP) is 0.937. The molecule has 0 spiro atoms. The summed E-state index contributed by atoms with van der Waals surface area (Å²) in [6.07, 6.45) is 0.956. The van der Waals surface area contributed by atoms with Crippen molar-refractivity contribution in [2.75, 3.05) is 0 Å². The average molecular weight is 345 g/mol. The zero-order valence-electron chi connectivity index (χ0n) is 15.0. The van der Waals surface area contributed by atoms with Crippen molar-refractivity contribution in [1.29, 1.82) is 0 Å². The number of aromatic nitrogens is 5. The SMILES string of the molecule is CCCn1c([Si](C)(C)C)cc2nnc3c(c(=O)n(C)c(=O)n3C)c21. The van der Waals surface area contributed by atoms with E-state index in [-0.39, 0.29) is 11.2 Å². The Morgan fingerprint density at radius 3 is 2.33 bits per heavy atom. The smallest absolute Gasteiger partial charge is 0.332 e. The van der Waals surface area contributed by atoms with Crippen molar-refractivity contribution in [3.05, 3.63) is 26.9 Å². The Labute approximate surface area is 140 Å². The van der Waals surface area contributed by atoms with Gasteiger partial charge in [0, 0.05) is 26.0 Å². The predicted molar refractivity (Wildman–Crippen MR) is 98.8 cm³/mol. The van der Waals surface area contributed by atoms with Crippen LogP contribution in [0, 0.1) is 0 Å². The summed E-state index contributed by atoms with van der Waals surface area (Å²) in [5.74, 6) is 0. The first-order chi connectivity index (χ1) is 11.2. The van der Waals surface area contributed by atoms with E-state index < -0.39 is 8.07 Å². The van der Waals surface area contributed by atoms with Crippen LogP contribution in [0.15, 0.2) is 15.7 Å². The van der Waals surface area contributed by atoms with Crippen LogP contribution in [0.1, 0.15) is 13.3 Å². The minimum absolute atomic E-state index is 0.314. The lowest BCUT2D eigenvalue weighted by atomic mass is 10.3.